The van der Waals surface area contributed by atoms with E-state index in [9.17, 15) is 4.79 Å². The topological polar surface area (TPSA) is 50.4 Å². The van der Waals surface area contributed by atoms with Crippen LogP contribution in [-0.4, -0.2) is 19.1 Å². The van der Waals surface area contributed by atoms with Crippen molar-refractivity contribution in [3.05, 3.63) is 53.0 Å². The lowest BCUT2D eigenvalue weighted by Crippen LogP contribution is -2.22. The van der Waals surface area contributed by atoms with Crippen LogP contribution in [0.1, 0.15) is 13.8 Å². The molecular formula is C18H21BrN2O2. The fraction of sp³-hybridized carbons (Fsp3) is 0.278. The summed E-state index contributed by atoms with van der Waals surface area (Å²) < 4.78 is 6.70. The highest BCUT2D eigenvalue weighted by Crippen LogP contribution is 2.24. The largest absolute Gasteiger partial charge is 0.491 e. The highest BCUT2D eigenvalue weighted by molar-refractivity contribution is 9.10. The molecule has 5 heteroatoms. The second-order valence-electron chi connectivity index (χ2n) is 5.61. The third-order valence-corrected chi connectivity index (χ3v) is 3.50. The second kappa shape index (κ2) is 8.58. The van der Waals surface area contributed by atoms with Crippen molar-refractivity contribution in [2.45, 2.75) is 13.8 Å². The molecule has 0 saturated carbocycles. The van der Waals surface area contributed by atoms with E-state index in [4.69, 9.17) is 4.74 Å². The Morgan fingerprint density at radius 3 is 2.70 bits per heavy atom. The number of hydrogen-bond acceptors (Lipinski definition) is 3. The van der Waals surface area contributed by atoms with Gasteiger partial charge in [0.05, 0.1) is 18.8 Å². The van der Waals surface area contributed by atoms with Gasteiger partial charge in [-0.3, -0.25) is 4.79 Å². The van der Waals surface area contributed by atoms with Gasteiger partial charge in [-0.15, -0.1) is 0 Å². The Hall–Kier alpha value is -2.01. The summed E-state index contributed by atoms with van der Waals surface area (Å²) in [6.45, 7) is 4.98. The van der Waals surface area contributed by atoms with Gasteiger partial charge in [0.1, 0.15) is 5.75 Å². The molecule has 0 aliphatic rings. The molecule has 0 aromatic heterocycles. The molecule has 0 spiro atoms. The molecule has 122 valence electrons. The van der Waals surface area contributed by atoms with Crippen LogP contribution in [0.15, 0.2) is 53.0 Å². The van der Waals surface area contributed by atoms with Crippen molar-refractivity contribution in [2.75, 3.05) is 23.8 Å². The van der Waals surface area contributed by atoms with Crippen LogP contribution in [-0.2, 0) is 4.79 Å². The highest BCUT2D eigenvalue weighted by Gasteiger charge is 2.08. The Labute approximate surface area is 145 Å². The van der Waals surface area contributed by atoms with E-state index in [1.807, 2.05) is 48.5 Å². The van der Waals surface area contributed by atoms with Crippen LogP contribution in [0.2, 0.25) is 0 Å². The highest BCUT2D eigenvalue weighted by atomic mass is 79.9. The van der Waals surface area contributed by atoms with Crippen LogP contribution >= 0.6 is 15.9 Å². The lowest BCUT2D eigenvalue weighted by atomic mass is 10.2. The summed E-state index contributed by atoms with van der Waals surface area (Å²) in [5, 5.41) is 5.97. The zero-order valence-electron chi connectivity index (χ0n) is 13.3. The molecule has 0 aliphatic heterocycles. The van der Waals surface area contributed by atoms with Crippen LogP contribution in [0.4, 0.5) is 11.4 Å². The van der Waals surface area contributed by atoms with E-state index in [0.717, 1.165) is 10.2 Å². The molecule has 0 aliphatic carbocycles. The third kappa shape index (κ3) is 5.94. The molecule has 0 bridgehead atoms. The Balaban J connectivity index is 1.92. The molecule has 0 heterocycles. The number of amides is 1. The van der Waals surface area contributed by atoms with Gasteiger partial charge in [0.15, 0.2) is 0 Å². The molecule has 0 saturated heterocycles. The Morgan fingerprint density at radius 1 is 1.17 bits per heavy atom. The van der Waals surface area contributed by atoms with Gasteiger partial charge >= 0.3 is 0 Å². The number of halogens is 1. The van der Waals surface area contributed by atoms with Crippen LogP contribution < -0.4 is 15.4 Å². The average Bonchev–Trinajstić information content (AvgIpc) is 2.52. The van der Waals surface area contributed by atoms with Crippen LogP contribution in [0.5, 0.6) is 5.75 Å². The average molecular weight is 377 g/mol. The molecule has 0 atom stereocenters. The Morgan fingerprint density at radius 2 is 1.96 bits per heavy atom. The molecule has 2 aromatic rings. The molecule has 0 unspecified atom stereocenters. The van der Waals surface area contributed by atoms with Crippen LogP contribution in [0.3, 0.4) is 0 Å². The van der Waals surface area contributed by atoms with Crippen molar-refractivity contribution in [1.82, 2.24) is 0 Å². The summed E-state index contributed by atoms with van der Waals surface area (Å²) in [6, 6.07) is 15.2. The first-order valence-electron chi connectivity index (χ1n) is 7.55. The van der Waals surface area contributed by atoms with E-state index in [1.54, 1.807) is 0 Å². The predicted octanol–water partition coefficient (Wildman–Crippen LogP) is 4.53. The van der Waals surface area contributed by atoms with E-state index in [-0.39, 0.29) is 12.5 Å². The minimum Gasteiger partial charge on any atom is -0.491 e. The number of carbonyl (C=O) groups is 1. The van der Waals surface area contributed by atoms with E-state index in [2.05, 4.69) is 40.4 Å². The smallest absolute Gasteiger partial charge is 0.243 e. The van der Waals surface area contributed by atoms with Crippen molar-refractivity contribution in [3.63, 3.8) is 0 Å². The zero-order chi connectivity index (χ0) is 16.7. The zero-order valence-corrected chi connectivity index (χ0v) is 14.9. The standard InChI is InChI=1S/C18H21BrN2O2/c1-13(2)12-23-17-9-4-3-8-16(17)21-18(22)11-20-15-7-5-6-14(19)10-15/h3-10,13,20H,11-12H2,1-2H3,(H,21,22). The molecule has 23 heavy (non-hydrogen) atoms. The van der Waals surface area contributed by atoms with Gasteiger partial charge in [0.25, 0.3) is 0 Å². The number of para-hydroxylation sites is 2. The van der Waals surface area contributed by atoms with E-state index in [1.165, 1.54) is 0 Å². The van der Waals surface area contributed by atoms with Gasteiger partial charge in [-0.25, -0.2) is 0 Å². The van der Waals surface area contributed by atoms with Gasteiger partial charge < -0.3 is 15.4 Å². The fourth-order valence-corrected chi connectivity index (χ4v) is 2.33. The van der Waals surface area contributed by atoms with Crippen molar-refractivity contribution >= 4 is 33.2 Å². The van der Waals surface area contributed by atoms with Gasteiger partial charge in [0.2, 0.25) is 5.91 Å². The number of nitrogens with one attached hydrogen (secondary N) is 2. The number of rotatable bonds is 7. The predicted molar refractivity (Wildman–Crippen MR) is 98.0 cm³/mol. The number of carbonyl (C=O) groups excluding carboxylic acids is 1. The molecule has 0 radical (unpaired) electrons. The first kappa shape index (κ1) is 17.3. The molecule has 1 amide bonds. The van der Waals surface area contributed by atoms with E-state index in [0.29, 0.717) is 24.0 Å². The molecule has 2 N–H and O–H groups in total. The minimum atomic E-state index is -0.120. The minimum absolute atomic E-state index is 0.120. The molecule has 4 nitrogen and oxygen atoms in total. The monoisotopic (exact) mass is 376 g/mol. The maximum atomic E-state index is 12.1. The molecule has 2 aromatic carbocycles. The summed E-state index contributed by atoms with van der Waals surface area (Å²) in [5.74, 6) is 1.000. The van der Waals surface area contributed by atoms with Gasteiger partial charge in [-0.1, -0.05) is 48.0 Å². The number of benzene rings is 2. The molecule has 2 rings (SSSR count). The SMILES string of the molecule is CC(C)COc1ccccc1NC(=O)CNc1cccc(Br)c1. The van der Waals surface area contributed by atoms with E-state index >= 15 is 0 Å². The number of ether oxygens (including phenoxy) is 1. The number of hydrogen-bond donors (Lipinski definition) is 2. The molecular weight excluding hydrogens is 356 g/mol. The Bertz CT molecular complexity index is 659. The molecule has 0 fully saturated rings. The summed E-state index contributed by atoms with van der Waals surface area (Å²) in [7, 11) is 0. The third-order valence-electron chi connectivity index (χ3n) is 3.01. The van der Waals surface area contributed by atoms with Crippen molar-refractivity contribution < 1.29 is 9.53 Å². The summed E-state index contributed by atoms with van der Waals surface area (Å²) >= 11 is 3.40. The first-order valence-corrected chi connectivity index (χ1v) is 8.35. The summed E-state index contributed by atoms with van der Waals surface area (Å²) in [5.41, 5.74) is 1.58. The van der Waals surface area contributed by atoms with Gasteiger partial charge in [-0.2, -0.15) is 0 Å². The number of anilines is 2. The van der Waals surface area contributed by atoms with Crippen molar-refractivity contribution in [2.24, 2.45) is 5.92 Å². The first-order chi connectivity index (χ1) is 11.0. The Kier molecular flexibility index (Phi) is 6.47. The maximum absolute atomic E-state index is 12.1. The van der Waals surface area contributed by atoms with Crippen LogP contribution in [0, 0.1) is 5.92 Å². The fourth-order valence-electron chi connectivity index (χ4n) is 1.93. The summed E-state index contributed by atoms with van der Waals surface area (Å²) in [4.78, 5) is 12.1. The lowest BCUT2D eigenvalue weighted by molar-refractivity contribution is -0.114. The van der Waals surface area contributed by atoms with Gasteiger partial charge in [-0.05, 0) is 36.2 Å². The lowest BCUT2D eigenvalue weighted by Gasteiger charge is -2.14. The second-order valence-corrected chi connectivity index (χ2v) is 6.53. The van der Waals surface area contributed by atoms with Crippen LogP contribution in [0.25, 0.3) is 0 Å². The normalized spacial score (nSPS) is 10.4. The van der Waals surface area contributed by atoms with Crippen molar-refractivity contribution in [1.29, 1.82) is 0 Å². The van der Waals surface area contributed by atoms with Gasteiger partial charge in [0, 0.05) is 10.2 Å². The quantitative estimate of drug-likeness (QED) is 0.745. The van der Waals surface area contributed by atoms with Crippen molar-refractivity contribution in [3.8, 4) is 5.75 Å². The maximum Gasteiger partial charge on any atom is 0.243 e. The van der Waals surface area contributed by atoms with E-state index < -0.39 is 0 Å². The summed E-state index contributed by atoms with van der Waals surface area (Å²) in [6.07, 6.45) is 0.